The van der Waals surface area contributed by atoms with Crippen molar-refractivity contribution < 1.29 is 27.4 Å². The van der Waals surface area contributed by atoms with Crippen LogP contribution in [0, 0.1) is 11.3 Å². The zero-order chi connectivity index (χ0) is 29.6. The zero-order valence-electron chi connectivity index (χ0n) is 22.7. The fourth-order valence-corrected chi connectivity index (χ4v) is 5.65. The lowest BCUT2D eigenvalue weighted by Gasteiger charge is -2.26. The molecule has 0 bridgehead atoms. The average Bonchev–Trinajstić information content (AvgIpc) is 3.46. The van der Waals surface area contributed by atoms with Crippen molar-refractivity contribution in [2.75, 3.05) is 51.9 Å². The van der Waals surface area contributed by atoms with Crippen LogP contribution in [0.1, 0.15) is 12.5 Å². The minimum absolute atomic E-state index is 0.00815. The normalized spacial score (nSPS) is 15.7. The van der Waals surface area contributed by atoms with Crippen molar-refractivity contribution in [1.82, 2.24) is 19.4 Å². The van der Waals surface area contributed by atoms with Crippen molar-refractivity contribution in [1.29, 1.82) is 5.26 Å². The topological polar surface area (TPSA) is 114 Å². The first-order chi connectivity index (χ1) is 19.6. The van der Waals surface area contributed by atoms with Gasteiger partial charge in [0.25, 0.3) is 11.5 Å². The van der Waals surface area contributed by atoms with Gasteiger partial charge in [-0.15, -0.1) is 11.3 Å². The van der Waals surface area contributed by atoms with Gasteiger partial charge in [0.2, 0.25) is 0 Å². The number of rotatable bonds is 10. The summed E-state index contributed by atoms with van der Waals surface area (Å²) in [6, 6.07) is 7.51. The van der Waals surface area contributed by atoms with Gasteiger partial charge in [-0.3, -0.25) is 19.1 Å². The number of fused-ring (bicyclic) bond motifs is 1. The molecule has 1 fully saturated rings. The molecule has 4 rings (SSSR count). The van der Waals surface area contributed by atoms with Gasteiger partial charge in [-0.2, -0.15) is 18.4 Å². The van der Waals surface area contributed by atoms with Crippen LogP contribution in [0.15, 0.2) is 29.2 Å². The van der Waals surface area contributed by atoms with E-state index in [1.54, 1.807) is 25.4 Å². The second-order valence-electron chi connectivity index (χ2n) is 9.36. The molecule has 0 aliphatic carbocycles. The van der Waals surface area contributed by atoms with Gasteiger partial charge in [0.05, 0.1) is 19.8 Å². The lowest BCUT2D eigenvalue weighted by Crippen LogP contribution is -2.37. The number of hydrogen-bond acceptors (Lipinski definition) is 8. The Hall–Kier alpha value is -3.64. The molecule has 0 radical (unpaired) electrons. The summed E-state index contributed by atoms with van der Waals surface area (Å²) in [6.45, 7) is 5.28. The van der Waals surface area contributed by atoms with E-state index in [1.807, 2.05) is 18.2 Å². The number of carbonyl (C=O) groups excluding carboxylic acids is 1. The number of alkyl halides is 3. The van der Waals surface area contributed by atoms with E-state index in [0.29, 0.717) is 26.4 Å². The zero-order valence-corrected chi connectivity index (χ0v) is 23.5. The number of amides is 1. The molecular formula is C27H31F3N6O4S. The monoisotopic (exact) mass is 592 g/mol. The number of benzene rings is 1. The smallest absolute Gasteiger partial charge is 0.383 e. The van der Waals surface area contributed by atoms with E-state index in [-0.39, 0.29) is 15.7 Å². The van der Waals surface area contributed by atoms with Crippen molar-refractivity contribution >= 4 is 45.6 Å². The molecule has 0 unspecified atom stereocenters. The van der Waals surface area contributed by atoms with Crippen LogP contribution >= 0.6 is 11.3 Å². The van der Waals surface area contributed by atoms with E-state index in [4.69, 9.17) is 9.47 Å². The Balaban J connectivity index is 1.68. The van der Waals surface area contributed by atoms with E-state index in [1.165, 1.54) is 10.8 Å². The molecule has 10 nitrogen and oxygen atoms in total. The van der Waals surface area contributed by atoms with Crippen LogP contribution < -0.4 is 25.4 Å². The summed E-state index contributed by atoms with van der Waals surface area (Å²) in [6.07, 6.45) is -1.02. The lowest BCUT2D eigenvalue weighted by atomic mass is 10.1. The highest BCUT2D eigenvalue weighted by molar-refractivity contribution is 7.07. The van der Waals surface area contributed by atoms with Gasteiger partial charge in [-0.25, -0.2) is 0 Å². The van der Waals surface area contributed by atoms with Gasteiger partial charge in [-0.1, -0.05) is 0 Å². The molecule has 220 valence electrons. The third kappa shape index (κ3) is 7.36. The van der Waals surface area contributed by atoms with Crippen LogP contribution in [0.3, 0.4) is 0 Å². The minimum Gasteiger partial charge on any atom is -0.383 e. The Morgan fingerprint density at radius 1 is 1.29 bits per heavy atom. The molecule has 0 saturated carbocycles. The Kier molecular flexibility index (Phi) is 9.87. The van der Waals surface area contributed by atoms with E-state index in [0.717, 1.165) is 53.1 Å². The average molecular weight is 593 g/mol. The molecule has 14 heteroatoms. The molecule has 1 aliphatic heterocycles. The summed E-state index contributed by atoms with van der Waals surface area (Å²) in [5.74, 6) is -1.19. The van der Waals surface area contributed by atoms with E-state index in [9.17, 15) is 28.0 Å². The predicted molar refractivity (Wildman–Crippen MR) is 150 cm³/mol. The number of aromatic nitrogens is 2. The Bertz CT molecular complexity index is 1610. The standard InChI is InChI=1S/C27H31F3N6O4S/c1-3-36-25(38)23(41-26(36)21(13-31)24(37)33-17-27(28,29)30)14-32-19-4-5-22-20(12-19)18(16-35(22)8-9-39-2)15-34-6-10-40-11-7-34/h4-5,12,14,16,32H,3,6-11,15,17H2,1-2H3,(H,33,37)/b23-14-,26-21+. The Morgan fingerprint density at radius 3 is 2.71 bits per heavy atom. The molecule has 1 saturated heterocycles. The van der Waals surface area contributed by atoms with E-state index in [2.05, 4.69) is 21.0 Å². The summed E-state index contributed by atoms with van der Waals surface area (Å²) in [7, 11) is 1.66. The van der Waals surface area contributed by atoms with Crippen LogP contribution in [-0.2, 0) is 33.9 Å². The second kappa shape index (κ2) is 13.3. The van der Waals surface area contributed by atoms with Gasteiger partial charge < -0.3 is 24.7 Å². The van der Waals surface area contributed by atoms with Crippen LogP contribution in [0.4, 0.5) is 18.9 Å². The predicted octanol–water partition coefficient (Wildman–Crippen LogP) is 1.57. The summed E-state index contributed by atoms with van der Waals surface area (Å²) in [5.41, 5.74) is 1.89. The molecule has 1 aliphatic rings. The van der Waals surface area contributed by atoms with E-state index >= 15 is 0 Å². The number of nitrogens with one attached hydrogen (secondary N) is 2. The number of carbonyl (C=O) groups is 1. The quantitative estimate of drug-likeness (QED) is 0.368. The van der Waals surface area contributed by atoms with Crippen molar-refractivity contribution in [3.05, 3.63) is 49.5 Å². The third-order valence-electron chi connectivity index (χ3n) is 6.59. The number of hydrogen-bond donors (Lipinski definition) is 2. The van der Waals surface area contributed by atoms with Crippen molar-refractivity contribution in [2.24, 2.45) is 0 Å². The SMILES string of the molecule is CCn1c(=O)/c(=C/Nc2ccc3c(c2)c(CN2CCOCC2)cn3CCOC)s/c1=C(\C#N)C(=O)NCC(F)(F)F. The van der Waals surface area contributed by atoms with Crippen molar-refractivity contribution in [3.63, 3.8) is 0 Å². The Labute approximate surface area is 237 Å². The Morgan fingerprint density at radius 2 is 2.05 bits per heavy atom. The number of methoxy groups -OCH3 is 1. The van der Waals surface area contributed by atoms with Gasteiger partial charge in [0.1, 0.15) is 21.8 Å². The van der Waals surface area contributed by atoms with Gasteiger partial charge in [-0.05, 0) is 30.7 Å². The second-order valence-corrected chi connectivity index (χ2v) is 10.4. The highest BCUT2D eigenvalue weighted by Crippen LogP contribution is 2.26. The minimum atomic E-state index is -4.63. The largest absolute Gasteiger partial charge is 0.405 e. The van der Waals surface area contributed by atoms with Crippen LogP contribution in [0.25, 0.3) is 22.7 Å². The number of nitriles is 1. The number of nitrogens with zero attached hydrogens (tertiary/aromatic N) is 4. The molecule has 0 spiro atoms. The van der Waals surface area contributed by atoms with Crippen LogP contribution in [-0.4, -0.2) is 72.7 Å². The van der Waals surface area contributed by atoms with Crippen molar-refractivity contribution in [2.45, 2.75) is 32.7 Å². The molecule has 3 heterocycles. The summed E-state index contributed by atoms with van der Waals surface area (Å²) < 4.78 is 52.0. The van der Waals surface area contributed by atoms with E-state index < -0.39 is 29.8 Å². The molecule has 41 heavy (non-hydrogen) atoms. The fraction of sp³-hybridized carbons (Fsp3) is 0.444. The number of anilines is 1. The van der Waals surface area contributed by atoms with Gasteiger partial charge >= 0.3 is 6.18 Å². The molecule has 2 aromatic heterocycles. The number of halogens is 3. The van der Waals surface area contributed by atoms with Gasteiger partial charge in [0, 0.05) is 68.8 Å². The number of morpholine rings is 1. The molecule has 0 atom stereocenters. The number of ether oxygens (including phenoxy) is 2. The molecular weight excluding hydrogens is 561 g/mol. The van der Waals surface area contributed by atoms with Crippen LogP contribution in [0.2, 0.25) is 0 Å². The molecule has 2 N–H and O–H groups in total. The summed E-state index contributed by atoms with van der Waals surface area (Å²) in [4.78, 5) is 27.7. The maximum absolute atomic E-state index is 13.0. The summed E-state index contributed by atoms with van der Waals surface area (Å²) in [5, 5.41) is 15.4. The maximum atomic E-state index is 13.0. The first-order valence-electron chi connectivity index (χ1n) is 13.0. The lowest BCUT2D eigenvalue weighted by molar-refractivity contribution is -0.135. The highest BCUT2D eigenvalue weighted by Gasteiger charge is 2.29. The van der Waals surface area contributed by atoms with Crippen molar-refractivity contribution in [3.8, 4) is 6.07 Å². The first kappa shape index (κ1) is 30.3. The first-order valence-corrected chi connectivity index (χ1v) is 13.8. The molecule has 1 aromatic carbocycles. The molecule has 3 aromatic rings. The number of thiazole rings is 1. The van der Waals surface area contributed by atoms with Crippen LogP contribution in [0.5, 0.6) is 0 Å². The van der Waals surface area contributed by atoms with Gasteiger partial charge in [0.15, 0.2) is 5.57 Å². The molecule has 1 amide bonds. The fourth-order valence-electron chi connectivity index (χ4n) is 4.57. The highest BCUT2D eigenvalue weighted by atomic mass is 32.1. The maximum Gasteiger partial charge on any atom is 0.405 e. The third-order valence-corrected chi connectivity index (χ3v) is 7.72. The summed E-state index contributed by atoms with van der Waals surface area (Å²) >= 11 is 0.862.